The lowest BCUT2D eigenvalue weighted by Gasteiger charge is -2.21. The van der Waals surface area contributed by atoms with Crippen molar-refractivity contribution in [1.29, 1.82) is 10.5 Å². The molecule has 0 aromatic heterocycles. The molecule has 1 aromatic rings. The zero-order chi connectivity index (χ0) is 15.8. The van der Waals surface area contributed by atoms with Gasteiger partial charge in [-0.05, 0) is 13.0 Å². The Morgan fingerprint density at radius 3 is 2.33 bits per heavy atom. The molecule has 0 N–H and O–H groups in total. The number of benzene rings is 1. The number of hydrogen-bond acceptors (Lipinski definition) is 5. The molecule has 0 saturated heterocycles. The largest absolute Gasteiger partial charge is 0.337 e. The van der Waals surface area contributed by atoms with Crippen molar-refractivity contribution in [2.75, 3.05) is 13.1 Å². The van der Waals surface area contributed by atoms with E-state index in [1.807, 2.05) is 12.1 Å². The standard InChI is InChI=1S/C14H14N4O3/c1-11-12(5-2-6-13(11)18(20)21)14(19)17(9-3-7-15)10-4-8-16/h2,5-6H,3-4,9-10H2,1H3. The number of nitriles is 2. The SMILES string of the molecule is Cc1c(C(=O)N(CCC#N)CCC#N)cccc1[N+](=O)[O-]. The molecular weight excluding hydrogens is 272 g/mol. The number of nitrogens with zero attached hydrogens (tertiary/aromatic N) is 4. The van der Waals surface area contributed by atoms with Crippen LogP contribution in [0.5, 0.6) is 0 Å². The van der Waals surface area contributed by atoms with Crippen LogP contribution in [0, 0.1) is 39.7 Å². The highest BCUT2D eigenvalue weighted by molar-refractivity contribution is 5.96. The second-order valence-corrected chi connectivity index (χ2v) is 4.32. The third kappa shape index (κ3) is 4.02. The molecule has 7 nitrogen and oxygen atoms in total. The summed E-state index contributed by atoms with van der Waals surface area (Å²) in [4.78, 5) is 24.2. The van der Waals surface area contributed by atoms with Crippen LogP contribution in [0.2, 0.25) is 0 Å². The maximum Gasteiger partial charge on any atom is 0.273 e. The summed E-state index contributed by atoms with van der Waals surface area (Å²) in [5.41, 5.74) is 0.382. The predicted octanol–water partition coefficient (Wildman–Crippen LogP) is 2.17. The molecule has 0 spiro atoms. The van der Waals surface area contributed by atoms with E-state index in [1.54, 1.807) is 0 Å². The molecule has 0 aliphatic rings. The van der Waals surface area contributed by atoms with Crippen LogP contribution >= 0.6 is 0 Å². The van der Waals surface area contributed by atoms with E-state index in [0.29, 0.717) is 0 Å². The highest BCUT2D eigenvalue weighted by Crippen LogP contribution is 2.22. The maximum absolute atomic E-state index is 12.4. The first kappa shape index (κ1) is 16.1. The van der Waals surface area contributed by atoms with Gasteiger partial charge in [0.25, 0.3) is 11.6 Å². The predicted molar refractivity (Wildman–Crippen MR) is 74.2 cm³/mol. The molecule has 0 bridgehead atoms. The minimum Gasteiger partial charge on any atom is -0.337 e. The smallest absolute Gasteiger partial charge is 0.273 e. The van der Waals surface area contributed by atoms with Gasteiger partial charge >= 0.3 is 0 Å². The van der Waals surface area contributed by atoms with Gasteiger partial charge in [-0.3, -0.25) is 14.9 Å². The number of hydrogen-bond donors (Lipinski definition) is 0. The van der Waals surface area contributed by atoms with Gasteiger partial charge < -0.3 is 4.90 Å². The van der Waals surface area contributed by atoms with E-state index in [0.717, 1.165) is 0 Å². The zero-order valence-corrected chi connectivity index (χ0v) is 11.6. The van der Waals surface area contributed by atoms with Gasteiger partial charge in [0.1, 0.15) is 0 Å². The Morgan fingerprint density at radius 1 is 1.29 bits per heavy atom. The third-order valence-electron chi connectivity index (χ3n) is 3.01. The quantitative estimate of drug-likeness (QED) is 0.587. The van der Waals surface area contributed by atoms with E-state index >= 15 is 0 Å². The van der Waals surface area contributed by atoms with Crippen molar-refractivity contribution in [3.63, 3.8) is 0 Å². The van der Waals surface area contributed by atoms with Gasteiger partial charge in [0.15, 0.2) is 0 Å². The second-order valence-electron chi connectivity index (χ2n) is 4.32. The normalized spacial score (nSPS) is 9.48. The summed E-state index contributed by atoms with van der Waals surface area (Å²) in [6.07, 6.45) is 0.288. The van der Waals surface area contributed by atoms with Gasteiger partial charge in [-0.1, -0.05) is 6.07 Å². The monoisotopic (exact) mass is 286 g/mol. The fourth-order valence-electron chi connectivity index (χ4n) is 1.91. The molecule has 0 aliphatic carbocycles. The molecule has 0 saturated carbocycles. The van der Waals surface area contributed by atoms with E-state index in [-0.39, 0.29) is 42.7 Å². The van der Waals surface area contributed by atoms with Gasteiger partial charge in [-0.15, -0.1) is 0 Å². The van der Waals surface area contributed by atoms with Gasteiger partial charge in [0.05, 0.1) is 29.9 Å². The highest BCUT2D eigenvalue weighted by Gasteiger charge is 2.22. The van der Waals surface area contributed by atoms with Crippen molar-refractivity contribution in [2.45, 2.75) is 19.8 Å². The minimum absolute atomic E-state index is 0.124. The maximum atomic E-state index is 12.4. The van der Waals surface area contributed by atoms with Crippen molar-refractivity contribution in [1.82, 2.24) is 4.90 Å². The average Bonchev–Trinajstić information content (AvgIpc) is 2.46. The first-order valence-corrected chi connectivity index (χ1v) is 6.30. The molecule has 0 unspecified atom stereocenters. The van der Waals surface area contributed by atoms with Crippen LogP contribution in [-0.4, -0.2) is 28.8 Å². The number of amides is 1. The summed E-state index contributed by atoms with van der Waals surface area (Å²) in [5.74, 6) is -0.401. The zero-order valence-electron chi connectivity index (χ0n) is 11.6. The Kier molecular flexibility index (Phi) is 5.84. The van der Waals surface area contributed by atoms with Crippen molar-refractivity contribution in [3.8, 4) is 12.1 Å². The lowest BCUT2D eigenvalue weighted by Crippen LogP contribution is -2.33. The van der Waals surface area contributed by atoms with Crippen LogP contribution in [-0.2, 0) is 0 Å². The van der Waals surface area contributed by atoms with Crippen LogP contribution < -0.4 is 0 Å². The summed E-state index contributed by atoms with van der Waals surface area (Å²) < 4.78 is 0. The van der Waals surface area contributed by atoms with Crippen LogP contribution in [0.1, 0.15) is 28.8 Å². The first-order valence-electron chi connectivity index (χ1n) is 6.30. The molecule has 0 heterocycles. The molecule has 21 heavy (non-hydrogen) atoms. The molecule has 7 heteroatoms. The van der Waals surface area contributed by atoms with Crippen molar-refractivity contribution in [2.24, 2.45) is 0 Å². The fourth-order valence-corrected chi connectivity index (χ4v) is 1.91. The molecule has 0 radical (unpaired) electrons. The van der Waals surface area contributed by atoms with Crippen LogP contribution in [0.3, 0.4) is 0 Å². The molecule has 0 aliphatic heterocycles. The van der Waals surface area contributed by atoms with E-state index < -0.39 is 10.8 Å². The van der Waals surface area contributed by atoms with Gasteiger partial charge in [-0.2, -0.15) is 10.5 Å². The van der Waals surface area contributed by atoms with Gasteiger partial charge in [0.2, 0.25) is 0 Å². The van der Waals surface area contributed by atoms with Crippen molar-refractivity contribution < 1.29 is 9.72 Å². The van der Waals surface area contributed by atoms with Crippen LogP contribution in [0.25, 0.3) is 0 Å². The summed E-state index contributed by atoms with van der Waals surface area (Å²) in [7, 11) is 0. The van der Waals surface area contributed by atoms with E-state index in [9.17, 15) is 14.9 Å². The summed E-state index contributed by atoms with van der Waals surface area (Å²) in [6.45, 7) is 1.90. The second kappa shape index (κ2) is 7.61. The Balaban J connectivity index is 3.09. The molecule has 1 amide bonds. The fraction of sp³-hybridized carbons (Fsp3) is 0.357. The number of carbonyl (C=O) groups excluding carboxylic acids is 1. The number of carbonyl (C=O) groups is 1. The molecule has 0 fully saturated rings. The summed E-state index contributed by atoms with van der Waals surface area (Å²) in [6, 6.07) is 8.17. The minimum atomic E-state index is -0.541. The molecular formula is C14H14N4O3. The van der Waals surface area contributed by atoms with Crippen LogP contribution in [0.15, 0.2) is 18.2 Å². The molecule has 1 rings (SSSR count). The highest BCUT2D eigenvalue weighted by atomic mass is 16.6. The van der Waals surface area contributed by atoms with Gasteiger partial charge in [0, 0.05) is 30.3 Å². The Bertz CT molecular complexity index is 610. The van der Waals surface area contributed by atoms with E-state index in [2.05, 4.69) is 0 Å². The number of rotatable bonds is 6. The summed E-state index contributed by atoms with van der Waals surface area (Å²) in [5, 5.41) is 28.1. The topological polar surface area (TPSA) is 111 Å². The lowest BCUT2D eigenvalue weighted by atomic mass is 10.1. The first-order chi connectivity index (χ1) is 10.0. The van der Waals surface area contributed by atoms with Crippen molar-refractivity contribution >= 4 is 11.6 Å². The Hall–Kier alpha value is -2.93. The number of nitro benzene ring substituents is 1. The number of nitro groups is 1. The van der Waals surface area contributed by atoms with Gasteiger partial charge in [-0.25, -0.2) is 0 Å². The van der Waals surface area contributed by atoms with E-state index in [4.69, 9.17) is 10.5 Å². The Morgan fingerprint density at radius 2 is 1.86 bits per heavy atom. The van der Waals surface area contributed by atoms with E-state index in [1.165, 1.54) is 30.0 Å². The van der Waals surface area contributed by atoms with Crippen molar-refractivity contribution in [3.05, 3.63) is 39.4 Å². The summed E-state index contributed by atoms with van der Waals surface area (Å²) >= 11 is 0. The Labute approximate surface area is 122 Å². The molecule has 108 valence electrons. The molecule has 1 aromatic carbocycles. The average molecular weight is 286 g/mol. The lowest BCUT2D eigenvalue weighted by molar-refractivity contribution is -0.385. The van der Waals surface area contributed by atoms with Crippen LogP contribution in [0.4, 0.5) is 5.69 Å². The molecule has 0 atom stereocenters. The third-order valence-corrected chi connectivity index (χ3v) is 3.01.